The minimum atomic E-state index is 0. The van der Waals surface area contributed by atoms with Crippen LogP contribution in [-0.4, -0.2) is 24.5 Å². The van der Waals surface area contributed by atoms with Crippen molar-refractivity contribution in [2.75, 3.05) is 13.6 Å². The summed E-state index contributed by atoms with van der Waals surface area (Å²) in [6.45, 7) is 5.72. The summed E-state index contributed by atoms with van der Waals surface area (Å²) in [5.41, 5.74) is 2.41. The minimum absolute atomic E-state index is 0. The van der Waals surface area contributed by atoms with Crippen LogP contribution in [0.25, 0.3) is 0 Å². The lowest BCUT2D eigenvalue weighted by Gasteiger charge is -2.10. The van der Waals surface area contributed by atoms with Crippen LogP contribution in [0.2, 0.25) is 5.02 Å². The fraction of sp³-hybridized carbons (Fsp3) is 0.412. The summed E-state index contributed by atoms with van der Waals surface area (Å²) in [6, 6.07) is 8.01. The number of guanidine groups is 1. The van der Waals surface area contributed by atoms with Crippen LogP contribution < -0.4 is 10.6 Å². The van der Waals surface area contributed by atoms with Crippen molar-refractivity contribution in [3.8, 4) is 0 Å². The number of nitrogens with one attached hydrogen (secondary N) is 2. The van der Waals surface area contributed by atoms with Gasteiger partial charge in [0.2, 0.25) is 0 Å². The lowest BCUT2D eigenvalue weighted by molar-refractivity contribution is 0.740. The predicted octanol–water partition coefficient (Wildman–Crippen LogP) is 4.33. The van der Waals surface area contributed by atoms with E-state index in [2.05, 4.69) is 39.7 Å². The molecule has 0 atom stereocenters. The monoisotopic (exact) mass is 478 g/mol. The second kappa shape index (κ2) is 10.9. The van der Waals surface area contributed by atoms with E-state index in [1.807, 2.05) is 19.1 Å². The highest BCUT2D eigenvalue weighted by molar-refractivity contribution is 14.0. The van der Waals surface area contributed by atoms with Gasteiger partial charge >= 0.3 is 0 Å². The Balaban J connectivity index is 0.00000288. The fourth-order valence-electron chi connectivity index (χ4n) is 2.15. The molecule has 0 aliphatic heterocycles. The molecule has 0 spiro atoms. The highest BCUT2D eigenvalue weighted by Crippen LogP contribution is 2.15. The van der Waals surface area contributed by atoms with Crippen molar-refractivity contribution in [3.05, 3.63) is 50.4 Å². The Morgan fingerprint density at radius 2 is 1.92 bits per heavy atom. The zero-order chi connectivity index (χ0) is 16.7. The van der Waals surface area contributed by atoms with Gasteiger partial charge < -0.3 is 10.6 Å². The van der Waals surface area contributed by atoms with Gasteiger partial charge in [0.05, 0.1) is 12.2 Å². The maximum atomic E-state index is 5.89. The summed E-state index contributed by atoms with van der Waals surface area (Å²) in [4.78, 5) is 10.0. The molecule has 0 saturated carbocycles. The van der Waals surface area contributed by atoms with Gasteiger partial charge in [-0.25, -0.2) is 4.98 Å². The Kier molecular flexibility index (Phi) is 9.61. The smallest absolute Gasteiger partial charge is 0.191 e. The van der Waals surface area contributed by atoms with Gasteiger partial charge in [-0.15, -0.1) is 35.3 Å². The van der Waals surface area contributed by atoms with Gasteiger partial charge in [0.25, 0.3) is 0 Å². The van der Waals surface area contributed by atoms with Crippen LogP contribution in [0.15, 0.2) is 29.3 Å². The maximum Gasteiger partial charge on any atom is 0.191 e. The van der Waals surface area contributed by atoms with E-state index in [-0.39, 0.29) is 24.0 Å². The number of hydrogen-bond donors (Lipinski definition) is 2. The molecule has 0 unspecified atom stereocenters. The van der Waals surface area contributed by atoms with Crippen LogP contribution in [-0.2, 0) is 13.0 Å². The number of halogens is 2. The molecular formula is C17H24ClIN4S. The van der Waals surface area contributed by atoms with E-state index in [9.17, 15) is 0 Å². The molecule has 2 rings (SSSR count). The lowest BCUT2D eigenvalue weighted by Crippen LogP contribution is -2.37. The van der Waals surface area contributed by atoms with Crippen LogP contribution in [0.4, 0.5) is 0 Å². The third-order valence-electron chi connectivity index (χ3n) is 3.55. The van der Waals surface area contributed by atoms with Gasteiger partial charge in [0.15, 0.2) is 5.96 Å². The standard InChI is InChI=1S/C17H23ClN4S.HI/c1-12-13(2)23-16(22-12)11-21-17(19-3)20-10-4-5-14-6-8-15(18)9-7-14;/h6-9H,4-5,10-11H2,1-3H3,(H2,19,20,21);1H. The molecule has 1 aromatic carbocycles. The lowest BCUT2D eigenvalue weighted by atomic mass is 10.1. The summed E-state index contributed by atoms with van der Waals surface area (Å²) in [5.74, 6) is 0.812. The third-order valence-corrected chi connectivity index (χ3v) is 4.88. The van der Waals surface area contributed by atoms with Gasteiger partial charge in [-0.2, -0.15) is 0 Å². The van der Waals surface area contributed by atoms with E-state index in [4.69, 9.17) is 11.6 Å². The topological polar surface area (TPSA) is 49.3 Å². The summed E-state index contributed by atoms with van der Waals surface area (Å²) in [5, 5.41) is 8.50. The van der Waals surface area contributed by atoms with Crippen molar-refractivity contribution in [3.63, 3.8) is 0 Å². The van der Waals surface area contributed by atoms with E-state index >= 15 is 0 Å². The first kappa shape index (κ1) is 21.2. The van der Waals surface area contributed by atoms with Crippen molar-refractivity contribution < 1.29 is 0 Å². The Morgan fingerprint density at radius 3 is 2.50 bits per heavy atom. The second-order valence-electron chi connectivity index (χ2n) is 5.33. The van der Waals surface area contributed by atoms with Crippen molar-refractivity contribution in [2.24, 2.45) is 4.99 Å². The first-order valence-electron chi connectivity index (χ1n) is 7.70. The number of aliphatic imine (C=N–C) groups is 1. The number of aromatic nitrogens is 1. The van der Waals surface area contributed by atoms with Gasteiger partial charge in [-0.3, -0.25) is 4.99 Å². The Hall–Kier alpha value is -0.860. The summed E-state index contributed by atoms with van der Waals surface area (Å²) < 4.78 is 0. The van der Waals surface area contributed by atoms with Crippen LogP contribution >= 0.6 is 46.9 Å². The van der Waals surface area contributed by atoms with Crippen LogP contribution in [0.1, 0.15) is 27.6 Å². The summed E-state index contributed by atoms with van der Waals surface area (Å²) >= 11 is 7.62. The normalized spacial score (nSPS) is 11.1. The number of hydrogen-bond acceptors (Lipinski definition) is 3. The van der Waals surface area contributed by atoms with E-state index in [0.717, 1.165) is 41.1 Å². The third kappa shape index (κ3) is 6.94. The molecule has 0 amide bonds. The van der Waals surface area contributed by atoms with Crippen LogP contribution in [0.5, 0.6) is 0 Å². The first-order chi connectivity index (χ1) is 11.1. The quantitative estimate of drug-likeness (QED) is 0.281. The summed E-state index contributed by atoms with van der Waals surface area (Å²) in [7, 11) is 1.78. The summed E-state index contributed by atoms with van der Waals surface area (Å²) in [6.07, 6.45) is 2.06. The van der Waals surface area contributed by atoms with E-state index < -0.39 is 0 Å². The van der Waals surface area contributed by atoms with Crippen LogP contribution in [0, 0.1) is 13.8 Å². The zero-order valence-electron chi connectivity index (χ0n) is 14.2. The molecule has 1 heterocycles. The maximum absolute atomic E-state index is 5.89. The highest BCUT2D eigenvalue weighted by Gasteiger charge is 2.04. The molecule has 132 valence electrons. The molecule has 2 N–H and O–H groups in total. The van der Waals surface area contributed by atoms with Gasteiger partial charge in [-0.05, 0) is 44.4 Å². The number of rotatable bonds is 6. The van der Waals surface area contributed by atoms with Crippen LogP contribution in [0.3, 0.4) is 0 Å². The van der Waals surface area contributed by atoms with Gasteiger partial charge in [0.1, 0.15) is 5.01 Å². The molecule has 0 fully saturated rings. The molecule has 0 saturated heterocycles. The Labute approximate surface area is 170 Å². The number of nitrogens with zero attached hydrogens (tertiary/aromatic N) is 2. The molecular weight excluding hydrogens is 455 g/mol. The molecule has 0 aliphatic rings. The van der Waals surface area contributed by atoms with Gasteiger partial charge in [0, 0.05) is 23.5 Å². The fourth-order valence-corrected chi connectivity index (χ4v) is 3.14. The Bertz CT molecular complexity index is 636. The second-order valence-corrected chi connectivity index (χ2v) is 7.06. The Morgan fingerprint density at radius 1 is 1.21 bits per heavy atom. The molecule has 0 aliphatic carbocycles. The average molecular weight is 479 g/mol. The van der Waals surface area contributed by atoms with Crippen molar-refractivity contribution in [1.82, 2.24) is 15.6 Å². The SMILES string of the molecule is CN=C(NCCCc1ccc(Cl)cc1)NCc1nc(C)c(C)s1.I. The molecule has 0 bridgehead atoms. The molecule has 7 heteroatoms. The van der Waals surface area contributed by atoms with Crippen molar-refractivity contribution >= 4 is 52.9 Å². The molecule has 1 aromatic heterocycles. The van der Waals surface area contributed by atoms with Crippen molar-refractivity contribution in [2.45, 2.75) is 33.2 Å². The predicted molar refractivity (Wildman–Crippen MR) is 115 cm³/mol. The molecule has 0 radical (unpaired) electrons. The number of thiazole rings is 1. The number of benzene rings is 1. The zero-order valence-corrected chi connectivity index (χ0v) is 18.1. The van der Waals surface area contributed by atoms with Crippen molar-refractivity contribution in [1.29, 1.82) is 0 Å². The number of aryl methyl sites for hydroxylation is 3. The molecule has 4 nitrogen and oxygen atoms in total. The van der Waals surface area contributed by atoms with E-state index in [1.165, 1.54) is 10.4 Å². The van der Waals surface area contributed by atoms with Gasteiger partial charge in [-0.1, -0.05) is 23.7 Å². The largest absolute Gasteiger partial charge is 0.356 e. The molecule has 24 heavy (non-hydrogen) atoms. The van der Waals surface area contributed by atoms with E-state index in [1.54, 1.807) is 18.4 Å². The minimum Gasteiger partial charge on any atom is -0.356 e. The average Bonchev–Trinajstić information content (AvgIpc) is 2.87. The molecule has 2 aromatic rings. The van der Waals surface area contributed by atoms with E-state index in [0.29, 0.717) is 6.54 Å². The highest BCUT2D eigenvalue weighted by atomic mass is 127. The first-order valence-corrected chi connectivity index (χ1v) is 8.90.